The summed E-state index contributed by atoms with van der Waals surface area (Å²) in [6.07, 6.45) is 4.66. The standard InChI is InChI=1S/C18H23N5O3S2/c1-21-13-19-20-18(21)27-12-17(24)22-7-9-23(10-8-22)28(25,26)16-6-5-14-3-2-4-15(14)11-16/h5-6,11,13H,2-4,7-10,12H2,1H3. The number of carbonyl (C=O) groups excluding carboxylic acids is 1. The van der Waals surface area contributed by atoms with Crippen LogP contribution < -0.4 is 0 Å². The lowest BCUT2D eigenvalue weighted by Crippen LogP contribution is -2.51. The maximum atomic E-state index is 13.0. The summed E-state index contributed by atoms with van der Waals surface area (Å²) >= 11 is 1.34. The molecule has 1 aliphatic carbocycles. The number of piperazine rings is 1. The summed E-state index contributed by atoms with van der Waals surface area (Å²) in [6, 6.07) is 5.49. The van der Waals surface area contributed by atoms with E-state index in [1.165, 1.54) is 21.6 Å². The Kier molecular flexibility index (Phi) is 5.44. The van der Waals surface area contributed by atoms with Crippen molar-refractivity contribution in [3.63, 3.8) is 0 Å². The third-order valence-electron chi connectivity index (χ3n) is 5.29. The van der Waals surface area contributed by atoms with E-state index in [2.05, 4.69) is 10.2 Å². The van der Waals surface area contributed by atoms with Gasteiger partial charge in [0.05, 0.1) is 10.6 Å². The van der Waals surface area contributed by atoms with Gasteiger partial charge in [-0.3, -0.25) is 4.79 Å². The zero-order valence-electron chi connectivity index (χ0n) is 15.7. The summed E-state index contributed by atoms with van der Waals surface area (Å²) in [5.41, 5.74) is 2.41. The van der Waals surface area contributed by atoms with E-state index >= 15 is 0 Å². The smallest absolute Gasteiger partial charge is 0.243 e. The summed E-state index contributed by atoms with van der Waals surface area (Å²) in [7, 11) is -1.69. The third-order valence-corrected chi connectivity index (χ3v) is 8.21. The Hall–Kier alpha value is -1.91. The van der Waals surface area contributed by atoms with E-state index in [4.69, 9.17) is 0 Å². The van der Waals surface area contributed by atoms with Crippen LogP contribution in [0.1, 0.15) is 17.5 Å². The predicted molar refractivity (Wildman–Crippen MR) is 106 cm³/mol. The number of fused-ring (bicyclic) bond motifs is 1. The van der Waals surface area contributed by atoms with Gasteiger partial charge in [0.15, 0.2) is 5.16 Å². The number of aryl methyl sites for hydroxylation is 3. The van der Waals surface area contributed by atoms with Crippen molar-refractivity contribution in [2.45, 2.75) is 29.3 Å². The van der Waals surface area contributed by atoms with Crippen LogP contribution in [-0.4, -0.2) is 70.2 Å². The lowest BCUT2D eigenvalue weighted by molar-refractivity contribution is -0.129. The Balaban J connectivity index is 1.35. The molecule has 0 bridgehead atoms. The molecule has 2 aromatic rings. The number of benzene rings is 1. The Labute approximate surface area is 169 Å². The SMILES string of the molecule is Cn1cnnc1SCC(=O)N1CCN(S(=O)(=O)c2ccc3c(c2)CCC3)CC1. The highest BCUT2D eigenvalue weighted by Gasteiger charge is 2.30. The van der Waals surface area contributed by atoms with Crippen molar-refractivity contribution >= 4 is 27.7 Å². The van der Waals surface area contributed by atoms with Gasteiger partial charge in [0.25, 0.3) is 0 Å². The quantitative estimate of drug-likeness (QED) is 0.668. The van der Waals surface area contributed by atoms with Gasteiger partial charge in [-0.1, -0.05) is 17.8 Å². The molecule has 2 heterocycles. The van der Waals surface area contributed by atoms with Gasteiger partial charge in [0, 0.05) is 33.2 Å². The summed E-state index contributed by atoms with van der Waals surface area (Å²) < 4.78 is 29.2. The van der Waals surface area contributed by atoms with Crippen LogP contribution in [0.3, 0.4) is 0 Å². The molecule has 28 heavy (non-hydrogen) atoms. The second-order valence-electron chi connectivity index (χ2n) is 7.08. The molecule has 8 nitrogen and oxygen atoms in total. The molecule has 0 spiro atoms. The van der Waals surface area contributed by atoms with Gasteiger partial charge in [0.1, 0.15) is 6.33 Å². The minimum atomic E-state index is -3.52. The molecule has 0 atom stereocenters. The van der Waals surface area contributed by atoms with Crippen LogP contribution in [0.4, 0.5) is 0 Å². The summed E-state index contributed by atoms with van der Waals surface area (Å²) in [5.74, 6) is 0.256. The minimum absolute atomic E-state index is 0.0115. The van der Waals surface area contributed by atoms with E-state index in [1.807, 2.05) is 19.2 Å². The maximum Gasteiger partial charge on any atom is 0.243 e. The monoisotopic (exact) mass is 421 g/mol. The first-order valence-electron chi connectivity index (χ1n) is 9.31. The maximum absolute atomic E-state index is 13.0. The van der Waals surface area contributed by atoms with E-state index in [1.54, 1.807) is 21.9 Å². The highest BCUT2D eigenvalue weighted by atomic mass is 32.2. The van der Waals surface area contributed by atoms with E-state index in [0.717, 1.165) is 24.8 Å². The molecule has 0 saturated carbocycles. The molecule has 0 radical (unpaired) electrons. The van der Waals surface area contributed by atoms with Crippen molar-refractivity contribution in [2.75, 3.05) is 31.9 Å². The summed E-state index contributed by atoms with van der Waals surface area (Å²) in [5, 5.41) is 8.43. The number of nitrogens with zero attached hydrogens (tertiary/aromatic N) is 5. The fourth-order valence-electron chi connectivity index (χ4n) is 3.66. The zero-order valence-corrected chi connectivity index (χ0v) is 17.4. The number of thioether (sulfide) groups is 1. The number of hydrogen-bond donors (Lipinski definition) is 0. The molecular weight excluding hydrogens is 398 g/mol. The molecule has 10 heteroatoms. The van der Waals surface area contributed by atoms with Gasteiger partial charge in [-0.15, -0.1) is 10.2 Å². The molecule has 4 rings (SSSR count). The van der Waals surface area contributed by atoms with Gasteiger partial charge in [-0.25, -0.2) is 8.42 Å². The van der Waals surface area contributed by atoms with Crippen molar-refractivity contribution in [3.05, 3.63) is 35.7 Å². The van der Waals surface area contributed by atoms with Crippen molar-refractivity contribution in [2.24, 2.45) is 7.05 Å². The molecule has 2 aliphatic rings. The molecule has 1 aromatic heterocycles. The van der Waals surface area contributed by atoms with Crippen LogP contribution in [0.15, 0.2) is 34.6 Å². The molecule has 1 aliphatic heterocycles. The van der Waals surface area contributed by atoms with Gasteiger partial charge in [0.2, 0.25) is 15.9 Å². The van der Waals surface area contributed by atoms with E-state index < -0.39 is 10.0 Å². The van der Waals surface area contributed by atoms with Gasteiger partial charge in [-0.2, -0.15) is 4.31 Å². The largest absolute Gasteiger partial charge is 0.339 e. The average Bonchev–Trinajstić information content (AvgIpc) is 3.34. The number of carbonyl (C=O) groups is 1. The molecule has 0 N–H and O–H groups in total. The first-order valence-corrected chi connectivity index (χ1v) is 11.7. The number of amides is 1. The highest BCUT2D eigenvalue weighted by molar-refractivity contribution is 7.99. The molecule has 1 fully saturated rings. The van der Waals surface area contributed by atoms with Crippen molar-refractivity contribution in [1.29, 1.82) is 0 Å². The van der Waals surface area contributed by atoms with Crippen molar-refractivity contribution in [3.8, 4) is 0 Å². The van der Waals surface area contributed by atoms with E-state index in [9.17, 15) is 13.2 Å². The highest BCUT2D eigenvalue weighted by Crippen LogP contribution is 2.27. The van der Waals surface area contributed by atoms with Crippen LogP contribution in [0, 0.1) is 0 Å². The van der Waals surface area contributed by atoms with E-state index in [0.29, 0.717) is 36.2 Å². The van der Waals surface area contributed by atoms with Crippen LogP contribution >= 0.6 is 11.8 Å². The Morgan fingerprint density at radius 1 is 1.14 bits per heavy atom. The summed E-state index contributed by atoms with van der Waals surface area (Å²) in [6.45, 7) is 1.45. The average molecular weight is 422 g/mol. The first kappa shape index (κ1) is 19.4. The lowest BCUT2D eigenvalue weighted by Gasteiger charge is -2.34. The number of aromatic nitrogens is 3. The van der Waals surface area contributed by atoms with Crippen molar-refractivity contribution < 1.29 is 13.2 Å². The second kappa shape index (κ2) is 7.84. The van der Waals surface area contributed by atoms with Crippen LogP contribution in [0.25, 0.3) is 0 Å². The van der Waals surface area contributed by atoms with Gasteiger partial charge >= 0.3 is 0 Å². The van der Waals surface area contributed by atoms with Crippen LogP contribution in [0.2, 0.25) is 0 Å². The molecule has 150 valence electrons. The van der Waals surface area contributed by atoms with Gasteiger partial charge < -0.3 is 9.47 Å². The molecule has 1 saturated heterocycles. The predicted octanol–water partition coefficient (Wildman–Crippen LogP) is 0.929. The van der Waals surface area contributed by atoms with Crippen molar-refractivity contribution in [1.82, 2.24) is 24.0 Å². The number of sulfonamides is 1. The van der Waals surface area contributed by atoms with E-state index in [-0.39, 0.29) is 11.7 Å². The second-order valence-corrected chi connectivity index (χ2v) is 9.96. The lowest BCUT2D eigenvalue weighted by atomic mass is 10.1. The fourth-order valence-corrected chi connectivity index (χ4v) is 5.92. The van der Waals surface area contributed by atoms with Crippen LogP contribution in [-0.2, 0) is 34.7 Å². The Morgan fingerprint density at radius 3 is 2.61 bits per heavy atom. The topological polar surface area (TPSA) is 88.4 Å². The van der Waals surface area contributed by atoms with Gasteiger partial charge in [-0.05, 0) is 42.5 Å². The normalized spacial score (nSPS) is 17.7. The third kappa shape index (κ3) is 3.81. The molecule has 1 aromatic carbocycles. The molecule has 0 unspecified atom stereocenters. The summed E-state index contributed by atoms with van der Waals surface area (Å²) in [4.78, 5) is 14.5. The molecular formula is C18H23N5O3S2. The number of rotatable bonds is 5. The molecule has 1 amide bonds. The number of hydrogen-bond acceptors (Lipinski definition) is 6. The first-order chi connectivity index (χ1) is 13.4. The van der Waals surface area contributed by atoms with Crippen LogP contribution in [0.5, 0.6) is 0 Å². The Bertz CT molecular complexity index is 981. The Morgan fingerprint density at radius 2 is 1.89 bits per heavy atom. The zero-order chi connectivity index (χ0) is 19.7. The fraction of sp³-hybridized carbons (Fsp3) is 0.500. The minimum Gasteiger partial charge on any atom is -0.339 e.